The molecule has 134 valence electrons. The summed E-state index contributed by atoms with van der Waals surface area (Å²) < 4.78 is 25.8. The smallest absolute Gasteiger partial charge is 0.242 e. The zero-order chi connectivity index (χ0) is 17.7. The number of hydrogen-bond acceptors (Lipinski definition) is 6. The van der Waals surface area contributed by atoms with E-state index in [0.29, 0.717) is 31.8 Å². The summed E-state index contributed by atoms with van der Waals surface area (Å²) in [5, 5.41) is 0. The Morgan fingerprint density at radius 2 is 2.00 bits per heavy atom. The molecule has 8 nitrogen and oxygen atoms in total. The van der Waals surface area contributed by atoms with Crippen molar-refractivity contribution in [3.05, 3.63) is 17.5 Å². The van der Waals surface area contributed by atoms with Gasteiger partial charge in [0.05, 0.1) is 11.7 Å². The minimum Gasteiger partial charge on any atom is -0.273 e. The third-order valence-corrected chi connectivity index (χ3v) is 5.93. The van der Waals surface area contributed by atoms with Crippen LogP contribution in [-0.4, -0.2) is 47.4 Å². The first kappa shape index (κ1) is 18.6. The van der Waals surface area contributed by atoms with Crippen LogP contribution in [0.2, 0.25) is 0 Å². The van der Waals surface area contributed by atoms with Crippen LogP contribution >= 0.6 is 0 Å². The summed E-state index contributed by atoms with van der Waals surface area (Å²) in [7, 11) is -3.27. The van der Waals surface area contributed by atoms with Crippen LogP contribution in [0, 0.1) is 19.8 Å². The number of aryl methyl sites for hydroxylation is 2. The molecule has 24 heavy (non-hydrogen) atoms. The number of amides is 1. The molecule has 1 atom stereocenters. The predicted octanol–water partition coefficient (Wildman–Crippen LogP) is 0.988. The molecule has 0 aliphatic carbocycles. The molecule has 1 aromatic heterocycles. The van der Waals surface area contributed by atoms with Crippen LogP contribution in [0.1, 0.15) is 37.6 Å². The Morgan fingerprint density at radius 1 is 1.33 bits per heavy atom. The maximum atomic E-state index is 12.3. The molecule has 1 saturated heterocycles. The molecule has 1 aliphatic heterocycles. The molecule has 1 fully saturated rings. The number of aromatic nitrogens is 2. The zero-order valence-electron chi connectivity index (χ0n) is 14.4. The van der Waals surface area contributed by atoms with Gasteiger partial charge >= 0.3 is 0 Å². The fourth-order valence-corrected chi connectivity index (χ4v) is 4.39. The number of nitrogens with one attached hydrogen (secondary N) is 2. The highest BCUT2D eigenvalue weighted by molar-refractivity contribution is 7.89. The molecule has 2 rings (SSSR count). The maximum absolute atomic E-state index is 12.3. The van der Waals surface area contributed by atoms with Crippen LogP contribution in [0.3, 0.4) is 0 Å². The Bertz CT molecular complexity index is 672. The van der Waals surface area contributed by atoms with Crippen LogP contribution in [0.5, 0.6) is 0 Å². The number of rotatable bonds is 6. The van der Waals surface area contributed by atoms with Gasteiger partial charge in [0.2, 0.25) is 21.9 Å². The Hall–Kier alpha value is -1.74. The molecule has 1 aromatic rings. The second-order valence-corrected chi connectivity index (χ2v) is 8.19. The zero-order valence-corrected chi connectivity index (χ0v) is 15.2. The van der Waals surface area contributed by atoms with Crippen molar-refractivity contribution in [1.82, 2.24) is 19.7 Å². The number of hydrazine groups is 1. The molecule has 0 unspecified atom stereocenters. The molecular weight excluding hydrogens is 330 g/mol. The number of hydrogen-bond donors (Lipinski definition) is 2. The number of piperidine rings is 1. The van der Waals surface area contributed by atoms with E-state index < -0.39 is 10.0 Å². The molecule has 0 radical (unpaired) electrons. The third-order valence-electron chi connectivity index (χ3n) is 3.89. The van der Waals surface area contributed by atoms with Gasteiger partial charge in [-0.15, -0.1) is 0 Å². The van der Waals surface area contributed by atoms with Crippen molar-refractivity contribution >= 4 is 21.9 Å². The summed E-state index contributed by atoms with van der Waals surface area (Å²) in [6.45, 7) is 6.24. The summed E-state index contributed by atoms with van der Waals surface area (Å²) in [6.07, 6.45) is 1.92. The standard InChI is InChI=1S/C15H25N5O3S/c1-4-8-24(22,23)20-7-5-6-13(10-20)14(21)18-19-15-16-11(2)9-12(3)17-15/h9,13H,4-8,10H2,1-3H3,(H,18,21)(H,16,17,19)/t13-/m0/s1. The minimum absolute atomic E-state index is 0.121. The van der Waals surface area contributed by atoms with Crippen molar-refractivity contribution < 1.29 is 13.2 Å². The lowest BCUT2D eigenvalue weighted by Crippen LogP contribution is -2.47. The van der Waals surface area contributed by atoms with E-state index in [-0.39, 0.29) is 24.1 Å². The van der Waals surface area contributed by atoms with E-state index in [9.17, 15) is 13.2 Å². The second kappa shape index (κ2) is 7.89. The lowest BCUT2D eigenvalue weighted by atomic mass is 9.99. The largest absolute Gasteiger partial charge is 0.273 e. The topological polar surface area (TPSA) is 104 Å². The van der Waals surface area contributed by atoms with Crippen molar-refractivity contribution in [2.45, 2.75) is 40.0 Å². The van der Waals surface area contributed by atoms with Gasteiger partial charge in [-0.05, 0) is 39.2 Å². The predicted molar refractivity (Wildman–Crippen MR) is 91.6 cm³/mol. The van der Waals surface area contributed by atoms with Crippen molar-refractivity contribution in [2.24, 2.45) is 5.92 Å². The van der Waals surface area contributed by atoms with Crippen molar-refractivity contribution in [3.8, 4) is 0 Å². The molecule has 0 bridgehead atoms. The molecule has 0 saturated carbocycles. The van der Waals surface area contributed by atoms with E-state index >= 15 is 0 Å². The van der Waals surface area contributed by atoms with Crippen LogP contribution < -0.4 is 10.9 Å². The Balaban J connectivity index is 1.94. The highest BCUT2D eigenvalue weighted by Crippen LogP contribution is 2.20. The third kappa shape index (κ3) is 4.88. The van der Waals surface area contributed by atoms with E-state index in [1.807, 2.05) is 26.8 Å². The van der Waals surface area contributed by atoms with Gasteiger partial charge in [-0.3, -0.25) is 15.6 Å². The maximum Gasteiger partial charge on any atom is 0.242 e. The molecule has 2 heterocycles. The fourth-order valence-electron chi connectivity index (χ4n) is 2.80. The minimum atomic E-state index is -3.27. The Kier molecular flexibility index (Phi) is 6.11. The SMILES string of the molecule is CCCS(=O)(=O)N1CCC[C@H](C(=O)NNc2nc(C)cc(C)n2)C1. The molecule has 2 N–H and O–H groups in total. The average molecular weight is 355 g/mol. The molecular formula is C15H25N5O3S. The van der Waals surface area contributed by atoms with Gasteiger partial charge in [-0.2, -0.15) is 0 Å². The summed E-state index contributed by atoms with van der Waals surface area (Å²) in [6, 6.07) is 1.84. The van der Waals surface area contributed by atoms with Gasteiger partial charge in [0.25, 0.3) is 0 Å². The van der Waals surface area contributed by atoms with E-state index in [1.54, 1.807) is 0 Å². The van der Waals surface area contributed by atoms with Crippen LogP contribution in [0.15, 0.2) is 6.07 Å². The fraction of sp³-hybridized carbons (Fsp3) is 0.667. The summed E-state index contributed by atoms with van der Waals surface area (Å²) in [4.78, 5) is 20.7. The average Bonchev–Trinajstić information content (AvgIpc) is 2.52. The van der Waals surface area contributed by atoms with Gasteiger partial charge in [0, 0.05) is 24.5 Å². The van der Waals surface area contributed by atoms with Gasteiger partial charge in [-0.25, -0.2) is 22.7 Å². The molecule has 0 spiro atoms. The second-order valence-electron chi connectivity index (χ2n) is 6.10. The lowest BCUT2D eigenvalue weighted by molar-refractivity contribution is -0.125. The quantitative estimate of drug-likeness (QED) is 0.738. The summed E-state index contributed by atoms with van der Waals surface area (Å²) in [5.74, 6) is -0.166. The van der Waals surface area contributed by atoms with E-state index in [1.165, 1.54) is 4.31 Å². The number of anilines is 1. The summed E-state index contributed by atoms with van der Waals surface area (Å²) in [5.41, 5.74) is 6.90. The number of nitrogens with zero attached hydrogens (tertiary/aromatic N) is 3. The van der Waals surface area contributed by atoms with Crippen molar-refractivity contribution in [2.75, 3.05) is 24.3 Å². The van der Waals surface area contributed by atoms with Gasteiger partial charge in [0.15, 0.2) is 0 Å². The molecule has 1 amide bonds. The van der Waals surface area contributed by atoms with Crippen LogP contribution in [-0.2, 0) is 14.8 Å². The number of sulfonamides is 1. The highest BCUT2D eigenvalue weighted by Gasteiger charge is 2.31. The van der Waals surface area contributed by atoms with Crippen molar-refractivity contribution in [1.29, 1.82) is 0 Å². The summed E-state index contributed by atoms with van der Waals surface area (Å²) >= 11 is 0. The Morgan fingerprint density at radius 3 is 2.62 bits per heavy atom. The van der Waals surface area contributed by atoms with Crippen LogP contribution in [0.25, 0.3) is 0 Å². The first-order valence-electron chi connectivity index (χ1n) is 8.18. The number of carbonyl (C=O) groups excluding carboxylic acids is 1. The molecule has 1 aliphatic rings. The highest BCUT2D eigenvalue weighted by atomic mass is 32.2. The van der Waals surface area contributed by atoms with Gasteiger partial charge < -0.3 is 0 Å². The van der Waals surface area contributed by atoms with Crippen molar-refractivity contribution in [3.63, 3.8) is 0 Å². The molecule has 0 aromatic carbocycles. The van der Waals surface area contributed by atoms with E-state index in [2.05, 4.69) is 20.8 Å². The lowest BCUT2D eigenvalue weighted by Gasteiger charge is -2.31. The van der Waals surface area contributed by atoms with E-state index in [4.69, 9.17) is 0 Å². The Labute approximate surface area is 143 Å². The number of carbonyl (C=O) groups is 1. The molecule has 9 heteroatoms. The van der Waals surface area contributed by atoms with Gasteiger partial charge in [-0.1, -0.05) is 6.92 Å². The van der Waals surface area contributed by atoms with E-state index in [0.717, 1.165) is 11.4 Å². The van der Waals surface area contributed by atoms with Gasteiger partial charge in [0.1, 0.15) is 0 Å². The monoisotopic (exact) mass is 355 g/mol. The first-order chi connectivity index (χ1) is 11.3. The first-order valence-corrected chi connectivity index (χ1v) is 9.78. The normalized spacial score (nSPS) is 19.0. The van der Waals surface area contributed by atoms with Crippen LogP contribution in [0.4, 0.5) is 5.95 Å².